The average Bonchev–Trinajstić information content (AvgIpc) is 3.02. The molecule has 0 spiro atoms. The highest BCUT2D eigenvalue weighted by molar-refractivity contribution is 7.89. The van der Waals surface area contributed by atoms with E-state index in [1.165, 1.54) is 35.3 Å². The third kappa shape index (κ3) is 3.45. The van der Waals surface area contributed by atoms with Crippen molar-refractivity contribution in [1.82, 2.24) is 9.62 Å². The maximum absolute atomic E-state index is 13.7. The molecule has 0 bridgehead atoms. The first-order valence-corrected chi connectivity index (χ1v) is 9.01. The van der Waals surface area contributed by atoms with Gasteiger partial charge in [-0.1, -0.05) is 12.1 Å². The Hall–Kier alpha value is -0.690. The Morgan fingerprint density at radius 1 is 1.14 bits per heavy atom. The summed E-state index contributed by atoms with van der Waals surface area (Å²) in [6, 6.07) is 6.14. The largest absolute Gasteiger partial charge is 0.314 e. The molecule has 0 aliphatic carbocycles. The molecule has 22 heavy (non-hydrogen) atoms. The highest BCUT2D eigenvalue weighted by Crippen LogP contribution is 2.29. The van der Waals surface area contributed by atoms with Crippen LogP contribution in [0.2, 0.25) is 0 Å². The smallest absolute Gasteiger partial charge is 0.245 e. The standard InChI is InChI=1S/C15H21FN2O2S.ClH/c16-13-4-1-2-6-15(13)21(19,20)18-10-7-12(8-11-18)14-5-3-9-17-14;/h1-2,4,6,12,14,17H,3,5,7-11H2;1H. The number of hydrogen-bond donors (Lipinski definition) is 1. The van der Waals surface area contributed by atoms with E-state index in [0.717, 1.165) is 19.4 Å². The molecule has 0 aromatic heterocycles. The molecular formula is C15H22ClFN2O2S. The molecule has 0 saturated carbocycles. The van der Waals surface area contributed by atoms with Crippen LogP contribution in [0.15, 0.2) is 29.2 Å². The summed E-state index contributed by atoms with van der Waals surface area (Å²) in [5, 5.41) is 3.49. The van der Waals surface area contributed by atoms with Crippen molar-refractivity contribution >= 4 is 22.4 Å². The van der Waals surface area contributed by atoms with Crippen molar-refractivity contribution in [3.8, 4) is 0 Å². The van der Waals surface area contributed by atoms with Gasteiger partial charge in [0.1, 0.15) is 10.7 Å². The van der Waals surface area contributed by atoms with E-state index in [4.69, 9.17) is 0 Å². The van der Waals surface area contributed by atoms with E-state index in [1.807, 2.05) is 0 Å². The van der Waals surface area contributed by atoms with Crippen LogP contribution in [0, 0.1) is 11.7 Å². The summed E-state index contributed by atoms with van der Waals surface area (Å²) in [6.45, 7) is 2.04. The molecule has 2 saturated heterocycles. The summed E-state index contributed by atoms with van der Waals surface area (Å²) < 4.78 is 40.2. The molecule has 1 aromatic carbocycles. The zero-order valence-corrected chi connectivity index (χ0v) is 14.0. The summed E-state index contributed by atoms with van der Waals surface area (Å²) >= 11 is 0. The average molecular weight is 349 g/mol. The summed E-state index contributed by atoms with van der Waals surface area (Å²) in [5.74, 6) is -0.128. The molecule has 2 aliphatic rings. The lowest BCUT2D eigenvalue weighted by Gasteiger charge is -2.34. The van der Waals surface area contributed by atoms with Crippen molar-refractivity contribution in [3.63, 3.8) is 0 Å². The fourth-order valence-electron chi connectivity index (χ4n) is 3.43. The molecule has 1 N–H and O–H groups in total. The van der Waals surface area contributed by atoms with Gasteiger partial charge in [0.15, 0.2) is 0 Å². The lowest BCUT2D eigenvalue weighted by Crippen LogP contribution is -2.43. The maximum atomic E-state index is 13.7. The fraction of sp³-hybridized carbons (Fsp3) is 0.600. The molecular weight excluding hydrogens is 327 g/mol. The van der Waals surface area contributed by atoms with Crippen LogP contribution in [0.5, 0.6) is 0 Å². The monoisotopic (exact) mass is 348 g/mol. The number of nitrogens with one attached hydrogen (secondary N) is 1. The quantitative estimate of drug-likeness (QED) is 0.912. The van der Waals surface area contributed by atoms with Crippen molar-refractivity contribution in [2.24, 2.45) is 5.92 Å². The van der Waals surface area contributed by atoms with E-state index in [1.54, 1.807) is 6.07 Å². The highest BCUT2D eigenvalue weighted by atomic mass is 35.5. The number of hydrogen-bond acceptors (Lipinski definition) is 3. The second kappa shape index (κ2) is 7.25. The molecule has 0 radical (unpaired) electrons. The predicted octanol–water partition coefficient (Wildman–Crippen LogP) is 2.40. The number of benzene rings is 1. The Bertz CT molecular complexity index is 597. The zero-order valence-electron chi connectivity index (χ0n) is 12.4. The Balaban J connectivity index is 0.00000176. The van der Waals surface area contributed by atoms with Crippen LogP contribution in [-0.2, 0) is 10.0 Å². The topological polar surface area (TPSA) is 49.4 Å². The number of piperidine rings is 1. The third-order valence-corrected chi connectivity index (χ3v) is 6.55. The number of halogens is 2. The van der Waals surface area contributed by atoms with E-state index >= 15 is 0 Å². The molecule has 7 heteroatoms. The summed E-state index contributed by atoms with van der Waals surface area (Å²) in [6.07, 6.45) is 4.10. The lowest BCUT2D eigenvalue weighted by atomic mass is 9.89. The predicted molar refractivity (Wildman–Crippen MR) is 86.2 cm³/mol. The first-order chi connectivity index (χ1) is 10.1. The highest BCUT2D eigenvalue weighted by Gasteiger charge is 2.34. The minimum absolute atomic E-state index is 0. The fourth-order valence-corrected chi connectivity index (χ4v) is 4.96. The Kier molecular flexibility index (Phi) is 5.82. The van der Waals surface area contributed by atoms with Crippen molar-refractivity contribution in [3.05, 3.63) is 30.1 Å². The minimum atomic E-state index is -3.70. The van der Waals surface area contributed by atoms with Gasteiger partial charge in [-0.2, -0.15) is 4.31 Å². The molecule has 4 nitrogen and oxygen atoms in total. The molecule has 1 unspecified atom stereocenters. The van der Waals surface area contributed by atoms with Crippen molar-refractivity contribution in [1.29, 1.82) is 0 Å². The van der Waals surface area contributed by atoms with E-state index in [-0.39, 0.29) is 17.3 Å². The molecule has 1 aromatic rings. The number of rotatable bonds is 3. The minimum Gasteiger partial charge on any atom is -0.314 e. The molecule has 3 rings (SSSR count). The SMILES string of the molecule is Cl.O=S(=O)(c1ccccc1F)N1CCC(C2CCCN2)CC1. The van der Waals surface area contributed by atoms with Crippen LogP contribution in [-0.4, -0.2) is 38.4 Å². The van der Waals surface area contributed by atoms with Gasteiger partial charge in [0.2, 0.25) is 10.0 Å². The van der Waals surface area contributed by atoms with Gasteiger partial charge in [-0.3, -0.25) is 0 Å². The third-order valence-electron chi connectivity index (χ3n) is 4.62. The first kappa shape index (κ1) is 17.7. The van der Waals surface area contributed by atoms with Gasteiger partial charge < -0.3 is 5.32 Å². The van der Waals surface area contributed by atoms with Crippen LogP contribution >= 0.6 is 12.4 Å². The van der Waals surface area contributed by atoms with Gasteiger partial charge in [-0.05, 0) is 50.3 Å². The van der Waals surface area contributed by atoms with E-state index in [2.05, 4.69) is 5.32 Å². The van der Waals surface area contributed by atoms with Crippen LogP contribution < -0.4 is 5.32 Å². The van der Waals surface area contributed by atoms with Crippen molar-refractivity contribution in [2.45, 2.75) is 36.6 Å². The van der Waals surface area contributed by atoms with Crippen molar-refractivity contribution in [2.75, 3.05) is 19.6 Å². The van der Waals surface area contributed by atoms with Gasteiger partial charge >= 0.3 is 0 Å². The maximum Gasteiger partial charge on any atom is 0.245 e. The van der Waals surface area contributed by atoms with Gasteiger partial charge in [0.05, 0.1) is 0 Å². The van der Waals surface area contributed by atoms with Gasteiger partial charge in [-0.15, -0.1) is 12.4 Å². The summed E-state index contributed by atoms with van der Waals surface area (Å²) in [7, 11) is -3.70. The number of sulfonamides is 1. The van der Waals surface area contributed by atoms with E-state index < -0.39 is 15.8 Å². The number of nitrogens with zero attached hydrogens (tertiary/aromatic N) is 1. The van der Waals surface area contributed by atoms with Gasteiger partial charge in [0, 0.05) is 19.1 Å². The first-order valence-electron chi connectivity index (χ1n) is 7.57. The van der Waals surface area contributed by atoms with Gasteiger partial charge in [0.25, 0.3) is 0 Å². The summed E-state index contributed by atoms with van der Waals surface area (Å²) in [5.41, 5.74) is 0. The van der Waals surface area contributed by atoms with E-state index in [9.17, 15) is 12.8 Å². The Morgan fingerprint density at radius 3 is 2.41 bits per heavy atom. The Labute approximate surface area is 137 Å². The second-order valence-electron chi connectivity index (χ2n) is 5.87. The molecule has 2 aliphatic heterocycles. The molecule has 0 amide bonds. The molecule has 2 fully saturated rings. The van der Waals surface area contributed by atoms with Crippen LogP contribution in [0.4, 0.5) is 4.39 Å². The molecule has 2 heterocycles. The summed E-state index contributed by atoms with van der Waals surface area (Å²) in [4.78, 5) is -0.206. The van der Waals surface area contributed by atoms with Crippen LogP contribution in [0.3, 0.4) is 0 Å². The lowest BCUT2D eigenvalue weighted by molar-refractivity contribution is 0.233. The van der Waals surface area contributed by atoms with Gasteiger partial charge in [-0.25, -0.2) is 12.8 Å². The van der Waals surface area contributed by atoms with Crippen molar-refractivity contribution < 1.29 is 12.8 Å². The zero-order chi connectivity index (χ0) is 14.9. The van der Waals surface area contributed by atoms with E-state index in [0.29, 0.717) is 25.0 Å². The molecule has 124 valence electrons. The molecule has 1 atom stereocenters. The Morgan fingerprint density at radius 2 is 1.82 bits per heavy atom. The normalized spacial score (nSPS) is 24.1. The van der Waals surface area contributed by atoms with Crippen LogP contribution in [0.1, 0.15) is 25.7 Å². The van der Waals surface area contributed by atoms with Crippen LogP contribution in [0.25, 0.3) is 0 Å². The second-order valence-corrected chi connectivity index (χ2v) is 7.78.